The van der Waals surface area contributed by atoms with Crippen LogP contribution in [0.15, 0.2) is 47.6 Å². The van der Waals surface area contributed by atoms with Gasteiger partial charge >= 0.3 is 0 Å². The molecule has 1 aliphatic rings. The number of nitrogens with one attached hydrogen (secondary N) is 2. The fourth-order valence-corrected chi connectivity index (χ4v) is 3.77. The Morgan fingerprint density at radius 2 is 2.00 bits per heavy atom. The lowest BCUT2D eigenvalue weighted by molar-refractivity contribution is 0.208. The minimum Gasteiger partial charge on any atom is -0.490 e. The molecule has 0 saturated heterocycles. The van der Waals surface area contributed by atoms with E-state index < -0.39 is 0 Å². The van der Waals surface area contributed by atoms with Gasteiger partial charge < -0.3 is 15.4 Å². The largest absolute Gasteiger partial charge is 0.490 e. The van der Waals surface area contributed by atoms with Crippen LogP contribution >= 0.6 is 24.0 Å². The number of aliphatic imine (C=N–C) groups is 1. The van der Waals surface area contributed by atoms with Crippen LogP contribution in [0.3, 0.4) is 0 Å². The van der Waals surface area contributed by atoms with Gasteiger partial charge in [-0.25, -0.2) is 4.99 Å². The maximum absolute atomic E-state index is 6.31. The van der Waals surface area contributed by atoms with E-state index in [9.17, 15) is 0 Å². The molecule has 1 aromatic carbocycles. The monoisotopic (exact) mass is 534 g/mol. The summed E-state index contributed by atoms with van der Waals surface area (Å²) in [5, 5.41) is 15.1. The van der Waals surface area contributed by atoms with Crippen molar-refractivity contribution in [3.8, 4) is 5.75 Å². The molecule has 4 rings (SSSR count). The van der Waals surface area contributed by atoms with E-state index in [4.69, 9.17) is 9.73 Å². The highest BCUT2D eigenvalue weighted by Crippen LogP contribution is 2.28. The van der Waals surface area contributed by atoms with E-state index in [-0.39, 0.29) is 24.0 Å². The van der Waals surface area contributed by atoms with Crippen molar-refractivity contribution < 1.29 is 4.74 Å². The number of fused-ring (bicyclic) bond motifs is 1. The highest BCUT2D eigenvalue weighted by atomic mass is 127. The smallest absolute Gasteiger partial charge is 0.191 e. The summed E-state index contributed by atoms with van der Waals surface area (Å²) in [6.45, 7) is 6.04. The maximum Gasteiger partial charge on any atom is 0.191 e. The fraction of sp³-hybridized carbons (Fsp3) is 0.435. The zero-order chi connectivity index (χ0) is 20.8. The molecule has 0 bridgehead atoms. The number of ether oxygens (including phenoxy) is 1. The fourth-order valence-electron chi connectivity index (χ4n) is 3.77. The van der Waals surface area contributed by atoms with Crippen LogP contribution in [0.1, 0.15) is 49.6 Å². The van der Waals surface area contributed by atoms with Gasteiger partial charge in [0.25, 0.3) is 0 Å². The SMILES string of the molecule is CCNC(=NCc1ccc(C)cc1OC1CCCC1)NCc1nnc2ccccn12.I. The van der Waals surface area contributed by atoms with E-state index in [1.807, 2.05) is 28.8 Å². The van der Waals surface area contributed by atoms with Crippen molar-refractivity contribution >= 4 is 35.6 Å². The number of hydrogen-bond donors (Lipinski definition) is 2. The Labute approximate surface area is 200 Å². The van der Waals surface area contributed by atoms with Gasteiger partial charge in [-0.1, -0.05) is 18.2 Å². The summed E-state index contributed by atoms with van der Waals surface area (Å²) in [5.74, 6) is 2.55. The van der Waals surface area contributed by atoms with E-state index in [0.29, 0.717) is 19.2 Å². The van der Waals surface area contributed by atoms with Crippen LogP contribution in [0.2, 0.25) is 0 Å². The molecule has 1 fully saturated rings. The Bertz CT molecular complexity index is 1010. The third-order valence-corrected chi connectivity index (χ3v) is 5.37. The predicted molar refractivity (Wildman–Crippen MR) is 134 cm³/mol. The highest BCUT2D eigenvalue weighted by molar-refractivity contribution is 14.0. The van der Waals surface area contributed by atoms with Gasteiger partial charge in [-0.3, -0.25) is 4.40 Å². The summed E-state index contributed by atoms with van der Waals surface area (Å²) in [5.41, 5.74) is 3.15. The lowest BCUT2D eigenvalue weighted by Crippen LogP contribution is -2.37. The summed E-state index contributed by atoms with van der Waals surface area (Å²) >= 11 is 0. The minimum absolute atomic E-state index is 0. The van der Waals surface area contributed by atoms with Crippen molar-refractivity contribution in [2.45, 2.75) is 58.7 Å². The summed E-state index contributed by atoms with van der Waals surface area (Å²) < 4.78 is 8.29. The summed E-state index contributed by atoms with van der Waals surface area (Å²) in [7, 11) is 0. The van der Waals surface area contributed by atoms with Crippen LogP contribution in [0, 0.1) is 6.92 Å². The van der Waals surface area contributed by atoms with Gasteiger partial charge in [0.05, 0.1) is 19.2 Å². The Hall–Kier alpha value is -2.36. The number of aromatic nitrogens is 3. The standard InChI is InChI=1S/C23H30N6O.HI/c1-3-24-23(26-16-22-28-27-21-10-6-7-13-29(21)22)25-15-18-12-11-17(2)14-20(18)30-19-8-4-5-9-19;/h6-7,10-14,19H,3-5,8-9,15-16H2,1-2H3,(H2,24,25,26);1H. The van der Waals surface area contributed by atoms with Crippen LogP contribution < -0.4 is 15.4 Å². The van der Waals surface area contributed by atoms with Crippen molar-refractivity contribution in [2.24, 2.45) is 4.99 Å². The van der Waals surface area contributed by atoms with Gasteiger partial charge in [0, 0.05) is 18.3 Å². The molecule has 0 aliphatic heterocycles. The van der Waals surface area contributed by atoms with Gasteiger partial charge in [-0.05, 0) is 63.3 Å². The van der Waals surface area contributed by atoms with Crippen LogP contribution in [-0.2, 0) is 13.1 Å². The molecule has 3 aromatic rings. The lowest BCUT2D eigenvalue weighted by atomic mass is 10.1. The topological polar surface area (TPSA) is 75.8 Å². The Morgan fingerprint density at radius 1 is 1.16 bits per heavy atom. The molecule has 1 saturated carbocycles. The molecule has 166 valence electrons. The molecule has 31 heavy (non-hydrogen) atoms. The first-order chi connectivity index (χ1) is 14.7. The molecule has 0 unspecified atom stereocenters. The summed E-state index contributed by atoms with van der Waals surface area (Å²) in [4.78, 5) is 4.79. The van der Waals surface area contributed by atoms with E-state index in [1.54, 1.807) is 0 Å². The summed E-state index contributed by atoms with van der Waals surface area (Å²) in [6.07, 6.45) is 7.11. The van der Waals surface area contributed by atoms with Gasteiger partial charge in [0.15, 0.2) is 17.4 Å². The number of halogens is 1. The van der Waals surface area contributed by atoms with Crippen molar-refractivity contribution in [1.82, 2.24) is 25.2 Å². The second kappa shape index (κ2) is 11.3. The number of pyridine rings is 1. The van der Waals surface area contributed by atoms with E-state index in [1.165, 1.54) is 18.4 Å². The Kier molecular flexibility index (Phi) is 8.51. The van der Waals surface area contributed by atoms with Crippen LogP contribution in [0.5, 0.6) is 5.75 Å². The quantitative estimate of drug-likeness (QED) is 0.270. The first-order valence-corrected chi connectivity index (χ1v) is 10.8. The van der Waals surface area contributed by atoms with Crippen LogP contribution in [0.4, 0.5) is 0 Å². The number of guanidine groups is 1. The number of benzene rings is 1. The molecule has 0 radical (unpaired) electrons. The minimum atomic E-state index is 0. The average Bonchev–Trinajstić information content (AvgIpc) is 3.41. The van der Waals surface area contributed by atoms with E-state index >= 15 is 0 Å². The molecule has 0 atom stereocenters. The predicted octanol–water partition coefficient (Wildman–Crippen LogP) is 4.23. The van der Waals surface area contributed by atoms with Crippen molar-refractivity contribution in [2.75, 3.05) is 6.54 Å². The highest BCUT2D eigenvalue weighted by Gasteiger charge is 2.18. The molecular formula is C23H31IN6O. The zero-order valence-electron chi connectivity index (χ0n) is 18.2. The average molecular weight is 534 g/mol. The Morgan fingerprint density at radius 3 is 2.81 bits per heavy atom. The molecule has 0 amide bonds. The second-order valence-electron chi connectivity index (χ2n) is 7.73. The molecule has 8 heteroatoms. The van der Waals surface area contributed by atoms with E-state index in [0.717, 1.165) is 48.1 Å². The van der Waals surface area contributed by atoms with Gasteiger partial charge in [-0.15, -0.1) is 34.2 Å². The van der Waals surface area contributed by atoms with Crippen molar-refractivity contribution in [1.29, 1.82) is 0 Å². The summed E-state index contributed by atoms with van der Waals surface area (Å²) in [6, 6.07) is 12.3. The second-order valence-corrected chi connectivity index (χ2v) is 7.73. The van der Waals surface area contributed by atoms with Crippen LogP contribution in [-0.4, -0.2) is 33.2 Å². The number of hydrogen-bond acceptors (Lipinski definition) is 4. The van der Waals surface area contributed by atoms with Gasteiger partial charge in [-0.2, -0.15) is 0 Å². The third-order valence-electron chi connectivity index (χ3n) is 5.37. The molecule has 7 nitrogen and oxygen atoms in total. The molecule has 2 aromatic heterocycles. The van der Waals surface area contributed by atoms with Gasteiger partial charge in [0.2, 0.25) is 0 Å². The van der Waals surface area contributed by atoms with Crippen molar-refractivity contribution in [3.05, 3.63) is 59.5 Å². The Balaban J connectivity index is 0.00000272. The zero-order valence-corrected chi connectivity index (χ0v) is 20.5. The molecular weight excluding hydrogens is 503 g/mol. The molecule has 2 heterocycles. The number of rotatable bonds is 7. The first kappa shape index (κ1) is 23.3. The maximum atomic E-state index is 6.31. The van der Waals surface area contributed by atoms with Gasteiger partial charge in [0.1, 0.15) is 5.75 Å². The van der Waals surface area contributed by atoms with Crippen LogP contribution in [0.25, 0.3) is 5.65 Å². The van der Waals surface area contributed by atoms with E-state index in [2.05, 4.69) is 52.9 Å². The first-order valence-electron chi connectivity index (χ1n) is 10.8. The lowest BCUT2D eigenvalue weighted by Gasteiger charge is -2.17. The molecule has 1 aliphatic carbocycles. The molecule has 0 spiro atoms. The number of aryl methyl sites for hydroxylation is 1. The molecule has 2 N–H and O–H groups in total. The van der Waals surface area contributed by atoms with Crippen molar-refractivity contribution in [3.63, 3.8) is 0 Å². The third kappa shape index (κ3) is 6.09. The number of nitrogens with zero attached hydrogens (tertiary/aromatic N) is 4. The normalized spacial score (nSPS) is 14.5.